The molecule has 2 N–H and O–H groups in total. The van der Waals surface area contributed by atoms with Crippen molar-refractivity contribution < 1.29 is 19.0 Å². The molecule has 10 nitrogen and oxygen atoms in total. The lowest BCUT2D eigenvalue weighted by Crippen LogP contribution is -2.41. The number of benzene rings is 2. The predicted molar refractivity (Wildman–Crippen MR) is 146 cm³/mol. The topological polar surface area (TPSA) is 103 Å². The number of anilines is 2. The third-order valence-electron chi connectivity index (χ3n) is 6.28. The molecule has 11 heteroatoms. The molecule has 4 aromatic rings. The zero-order valence-electron chi connectivity index (χ0n) is 21.2. The van der Waals surface area contributed by atoms with E-state index in [-0.39, 0.29) is 11.6 Å². The van der Waals surface area contributed by atoms with E-state index in [2.05, 4.69) is 20.5 Å². The van der Waals surface area contributed by atoms with E-state index in [0.717, 1.165) is 49.6 Å². The van der Waals surface area contributed by atoms with Gasteiger partial charge >= 0.3 is 0 Å². The van der Waals surface area contributed by atoms with Crippen LogP contribution in [0.1, 0.15) is 10.5 Å². The highest BCUT2D eigenvalue weighted by Gasteiger charge is 2.16. The van der Waals surface area contributed by atoms with Crippen LogP contribution in [0.4, 0.5) is 11.6 Å². The van der Waals surface area contributed by atoms with Crippen LogP contribution in [0.5, 0.6) is 17.2 Å². The Morgan fingerprint density at radius 1 is 1.11 bits per heavy atom. The van der Waals surface area contributed by atoms with Crippen molar-refractivity contribution in [2.75, 3.05) is 51.8 Å². The number of imidazole rings is 1. The molecule has 1 fully saturated rings. The first-order chi connectivity index (χ1) is 18.5. The van der Waals surface area contributed by atoms with Gasteiger partial charge in [0.2, 0.25) is 5.95 Å². The Hall–Kier alpha value is -3.86. The van der Waals surface area contributed by atoms with Crippen LogP contribution in [0.2, 0.25) is 5.02 Å². The molecule has 0 aliphatic carbocycles. The third-order valence-corrected chi connectivity index (χ3v) is 6.53. The number of pyridine rings is 1. The van der Waals surface area contributed by atoms with Crippen LogP contribution in [-0.4, -0.2) is 71.8 Å². The highest BCUT2D eigenvalue weighted by molar-refractivity contribution is 6.30. The Morgan fingerprint density at radius 3 is 2.66 bits per heavy atom. The van der Waals surface area contributed by atoms with Gasteiger partial charge in [-0.3, -0.25) is 14.7 Å². The highest BCUT2D eigenvalue weighted by atomic mass is 35.5. The summed E-state index contributed by atoms with van der Waals surface area (Å²) in [6, 6.07) is 14.4. The lowest BCUT2D eigenvalue weighted by Gasteiger charge is -2.26. The van der Waals surface area contributed by atoms with Gasteiger partial charge in [-0.15, -0.1) is 0 Å². The second-order valence-electron chi connectivity index (χ2n) is 8.81. The molecule has 1 saturated heterocycles. The Bertz CT molecular complexity index is 1420. The number of hydrogen-bond donors (Lipinski definition) is 2. The zero-order valence-corrected chi connectivity index (χ0v) is 22.0. The van der Waals surface area contributed by atoms with Crippen LogP contribution in [-0.2, 0) is 11.8 Å². The van der Waals surface area contributed by atoms with Crippen molar-refractivity contribution in [3.8, 4) is 17.2 Å². The summed E-state index contributed by atoms with van der Waals surface area (Å²) in [4.78, 5) is 23.9. The van der Waals surface area contributed by atoms with E-state index in [1.54, 1.807) is 25.4 Å². The standard InChI is InChI=1S/C27H29ClN6O4/c1-33-23-17-24(36-2)25(16-21(23)32-27(33)31-19-5-3-18(28)4-6-19)38-20-7-8-29-22(15-20)26(35)30-9-10-34-11-13-37-14-12-34/h3-8,15-17H,9-14H2,1-2H3,(H,30,35)(H,31,32). The maximum atomic E-state index is 12.7. The Labute approximate surface area is 225 Å². The molecule has 0 saturated carbocycles. The fourth-order valence-corrected chi connectivity index (χ4v) is 4.31. The number of halogens is 1. The number of nitrogens with one attached hydrogen (secondary N) is 2. The number of amides is 1. The van der Waals surface area contributed by atoms with Crippen LogP contribution >= 0.6 is 11.6 Å². The van der Waals surface area contributed by atoms with Gasteiger partial charge in [-0.25, -0.2) is 4.98 Å². The molecule has 2 aromatic carbocycles. The number of aryl methyl sites for hydroxylation is 1. The summed E-state index contributed by atoms with van der Waals surface area (Å²) in [5.41, 5.74) is 2.72. The molecule has 5 rings (SSSR count). The summed E-state index contributed by atoms with van der Waals surface area (Å²) < 4.78 is 19.0. The molecule has 0 bridgehead atoms. The van der Waals surface area contributed by atoms with Crippen molar-refractivity contribution in [3.63, 3.8) is 0 Å². The van der Waals surface area contributed by atoms with E-state index in [1.807, 2.05) is 48.0 Å². The minimum Gasteiger partial charge on any atom is -0.493 e. The van der Waals surface area contributed by atoms with E-state index in [9.17, 15) is 4.79 Å². The molecular formula is C27H29ClN6O4. The molecule has 1 aliphatic heterocycles. The van der Waals surface area contributed by atoms with Crippen molar-refractivity contribution in [3.05, 3.63) is 65.4 Å². The number of aromatic nitrogens is 3. The third kappa shape index (κ3) is 5.99. The largest absolute Gasteiger partial charge is 0.493 e. The number of hydrogen-bond acceptors (Lipinski definition) is 8. The van der Waals surface area contributed by atoms with Crippen LogP contribution < -0.4 is 20.1 Å². The normalized spacial score (nSPS) is 13.9. The first-order valence-electron chi connectivity index (χ1n) is 12.3. The molecule has 3 heterocycles. The minimum atomic E-state index is -0.256. The van der Waals surface area contributed by atoms with Gasteiger partial charge in [0.05, 0.1) is 31.4 Å². The average Bonchev–Trinajstić information content (AvgIpc) is 3.23. The molecule has 198 valence electrons. The van der Waals surface area contributed by atoms with Gasteiger partial charge < -0.3 is 29.4 Å². The van der Waals surface area contributed by atoms with Gasteiger partial charge in [-0.1, -0.05) is 11.6 Å². The lowest BCUT2D eigenvalue weighted by atomic mass is 10.2. The zero-order chi connectivity index (χ0) is 26.5. The van der Waals surface area contributed by atoms with Gasteiger partial charge in [-0.05, 0) is 30.3 Å². The van der Waals surface area contributed by atoms with Gasteiger partial charge in [0.15, 0.2) is 11.5 Å². The number of carbonyl (C=O) groups is 1. The van der Waals surface area contributed by atoms with Crippen molar-refractivity contribution in [2.45, 2.75) is 0 Å². The molecule has 2 aromatic heterocycles. The summed E-state index contributed by atoms with van der Waals surface area (Å²) in [5.74, 6) is 1.87. The SMILES string of the molecule is COc1cc2c(cc1Oc1ccnc(C(=O)NCCN3CCOCC3)c1)nc(Nc1ccc(Cl)cc1)n2C. The van der Waals surface area contributed by atoms with Crippen LogP contribution in [0, 0.1) is 0 Å². The van der Waals surface area contributed by atoms with Crippen LogP contribution in [0.3, 0.4) is 0 Å². The molecule has 0 unspecified atom stereocenters. The van der Waals surface area contributed by atoms with Crippen LogP contribution in [0.25, 0.3) is 11.0 Å². The fourth-order valence-electron chi connectivity index (χ4n) is 4.18. The summed E-state index contributed by atoms with van der Waals surface area (Å²) in [6.07, 6.45) is 1.55. The van der Waals surface area contributed by atoms with E-state index >= 15 is 0 Å². The second-order valence-corrected chi connectivity index (χ2v) is 9.24. The van der Waals surface area contributed by atoms with E-state index in [0.29, 0.717) is 34.8 Å². The van der Waals surface area contributed by atoms with Gasteiger partial charge in [-0.2, -0.15) is 0 Å². The second kappa shape index (κ2) is 11.7. The van der Waals surface area contributed by atoms with E-state index in [4.69, 9.17) is 30.8 Å². The van der Waals surface area contributed by atoms with E-state index < -0.39 is 0 Å². The smallest absolute Gasteiger partial charge is 0.270 e. The van der Waals surface area contributed by atoms with Crippen molar-refractivity contribution in [1.29, 1.82) is 0 Å². The Kier molecular flexibility index (Phi) is 7.92. The molecule has 0 spiro atoms. The number of methoxy groups -OCH3 is 1. The lowest BCUT2D eigenvalue weighted by molar-refractivity contribution is 0.0383. The quantitative estimate of drug-likeness (QED) is 0.328. The number of fused-ring (bicyclic) bond motifs is 1. The molecule has 0 atom stereocenters. The van der Waals surface area contributed by atoms with E-state index in [1.165, 1.54) is 0 Å². The molecule has 1 amide bonds. The van der Waals surface area contributed by atoms with Crippen molar-refractivity contribution >= 4 is 40.2 Å². The summed E-state index contributed by atoms with van der Waals surface area (Å²) >= 11 is 6.00. The Balaban J connectivity index is 1.30. The maximum Gasteiger partial charge on any atom is 0.270 e. The predicted octanol–water partition coefficient (Wildman–Crippen LogP) is 4.23. The molecular weight excluding hydrogens is 508 g/mol. The fraction of sp³-hybridized carbons (Fsp3) is 0.296. The molecule has 0 radical (unpaired) electrons. The summed E-state index contributed by atoms with van der Waals surface area (Å²) in [5, 5.41) is 6.89. The number of nitrogens with zero attached hydrogens (tertiary/aromatic N) is 4. The molecule has 38 heavy (non-hydrogen) atoms. The minimum absolute atomic E-state index is 0.256. The van der Waals surface area contributed by atoms with Crippen LogP contribution in [0.15, 0.2) is 54.7 Å². The number of rotatable bonds is 9. The summed E-state index contributed by atoms with van der Waals surface area (Å²) in [7, 11) is 3.50. The average molecular weight is 537 g/mol. The number of carbonyl (C=O) groups excluding carboxylic acids is 1. The number of morpholine rings is 1. The number of ether oxygens (including phenoxy) is 3. The van der Waals surface area contributed by atoms with Gasteiger partial charge in [0, 0.05) is 68.3 Å². The maximum absolute atomic E-state index is 12.7. The first-order valence-corrected chi connectivity index (χ1v) is 12.7. The van der Waals surface area contributed by atoms with Gasteiger partial charge in [0.1, 0.15) is 11.4 Å². The van der Waals surface area contributed by atoms with Crippen molar-refractivity contribution in [1.82, 2.24) is 24.8 Å². The molecule has 1 aliphatic rings. The Morgan fingerprint density at radius 2 is 1.89 bits per heavy atom. The first kappa shape index (κ1) is 25.8. The highest BCUT2D eigenvalue weighted by Crippen LogP contribution is 2.36. The summed E-state index contributed by atoms with van der Waals surface area (Å²) in [6.45, 7) is 4.49. The van der Waals surface area contributed by atoms with Gasteiger partial charge in [0.25, 0.3) is 5.91 Å². The van der Waals surface area contributed by atoms with Crippen molar-refractivity contribution in [2.24, 2.45) is 7.05 Å². The monoisotopic (exact) mass is 536 g/mol.